The van der Waals surface area contributed by atoms with Crippen molar-refractivity contribution in [2.45, 2.75) is 19.8 Å². The number of aliphatic carboxylic acids is 1. The van der Waals surface area contributed by atoms with E-state index in [1.807, 2.05) is 19.9 Å². The van der Waals surface area contributed by atoms with Gasteiger partial charge in [0, 0.05) is 11.8 Å². The molecule has 1 N–H and O–H groups in total. The van der Waals surface area contributed by atoms with Crippen LogP contribution in [0.15, 0.2) is 18.3 Å². The van der Waals surface area contributed by atoms with Crippen molar-refractivity contribution in [1.82, 2.24) is 4.98 Å². The summed E-state index contributed by atoms with van der Waals surface area (Å²) in [5, 5.41) is 17.9. The highest BCUT2D eigenvalue weighted by molar-refractivity contribution is 5.77. The van der Waals surface area contributed by atoms with Gasteiger partial charge in [-0.1, -0.05) is 19.9 Å². The Kier molecular flexibility index (Phi) is 3.40. The summed E-state index contributed by atoms with van der Waals surface area (Å²) in [6.45, 7) is 3.62. The fourth-order valence-electron chi connectivity index (χ4n) is 1.54. The standard InChI is InChI=1S/C11H12N2O2/c1-7(2)10(11(14)15)8-4-3-5-13-9(8)6-12/h3-5,7,10H,1-2H3,(H,14,15). The fraction of sp³-hybridized carbons (Fsp3) is 0.364. The number of nitrogens with zero attached hydrogens (tertiary/aromatic N) is 2. The van der Waals surface area contributed by atoms with Gasteiger partial charge in [-0.25, -0.2) is 4.98 Å². The van der Waals surface area contributed by atoms with E-state index in [1.165, 1.54) is 6.20 Å². The predicted molar refractivity (Wildman–Crippen MR) is 54.2 cm³/mol. The Morgan fingerprint density at radius 1 is 1.60 bits per heavy atom. The third-order valence-electron chi connectivity index (χ3n) is 2.21. The molecule has 4 heteroatoms. The first-order valence-electron chi connectivity index (χ1n) is 4.65. The van der Waals surface area contributed by atoms with Crippen LogP contribution in [0.5, 0.6) is 0 Å². The average molecular weight is 204 g/mol. The van der Waals surface area contributed by atoms with Crippen LogP contribution in [0.2, 0.25) is 0 Å². The van der Waals surface area contributed by atoms with Crippen LogP contribution in [-0.2, 0) is 4.79 Å². The van der Waals surface area contributed by atoms with Crippen LogP contribution in [0.3, 0.4) is 0 Å². The zero-order valence-corrected chi connectivity index (χ0v) is 8.64. The van der Waals surface area contributed by atoms with E-state index in [4.69, 9.17) is 10.4 Å². The summed E-state index contributed by atoms with van der Waals surface area (Å²) in [7, 11) is 0. The maximum Gasteiger partial charge on any atom is 0.311 e. The van der Waals surface area contributed by atoms with Gasteiger partial charge in [0.25, 0.3) is 0 Å². The Morgan fingerprint density at radius 3 is 2.73 bits per heavy atom. The predicted octanol–water partition coefficient (Wildman–Crippen LogP) is 1.78. The number of carboxylic acids is 1. The number of aromatic nitrogens is 1. The van der Waals surface area contributed by atoms with Crippen molar-refractivity contribution < 1.29 is 9.90 Å². The van der Waals surface area contributed by atoms with Gasteiger partial charge < -0.3 is 5.11 Å². The number of hydrogen-bond acceptors (Lipinski definition) is 3. The van der Waals surface area contributed by atoms with E-state index in [2.05, 4.69) is 4.98 Å². The van der Waals surface area contributed by atoms with Crippen molar-refractivity contribution >= 4 is 5.97 Å². The lowest BCUT2D eigenvalue weighted by molar-refractivity contribution is -0.139. The van der Waals surface area contributed by atoms with Gasteiger partial charge in [-0.05, 0) is 12.0 Å². The molecule has 1 atom stereocenters. The molecule has 1 aromatic rings. The third-order valence-corrected chi connectivity index (χ3v) is 2.21. The highest BCUT2D eigenvalue weighted by atomic mass is 16.4. The quantitative estimate of drug-likeness (QED) is 0.814. The zero-order chi connectivity index (χ0) is 11.4. The summed E-state index contributed by atoms with van der Waals surface area (Å²) in [5.41, 5.74) is 0.682. The van der Waals surface area contributed by atoms with Gasteiger partial charge in [0.05, 0.1) is 5.92 Å². The van der Waals surface area contributed by atoms with E-state index in [0.29, 0.717) is 5.56 Å². The van der Waals surface area contributed by atoms with Gasteiger partial charge in [-0.3, -0.25) is 4.79 Å². The minimum Gasteiger partial charge on any atom is -0.481 e. The molecule has 0 aromatic carbocycles. The highest BCUT2D eigenvalue weighted by Crippen LogP contribution is 2.26. The molecule has 0 fully saturated rings. The highest BCUT2D eigenvalue weighted by Gasteiger charge is 2.26. The van der Waals surface area contributed by atoms with E-state index < -0.39 is 11.9 Å². The summed E-state index contributed by atoms with van der Waals surface area (Å²) < 4.78 is 0. The van der Waals surface area contributed by atoms with Crippen LogP contribution >= 0.6 is 0 Å². The molecule has 0 aliphatic heterocycles. The van der Waals surface area contributed by atoms with E-state index in [9.17, 15) is 4.79 Å². The maximum absolute atomic E-state index is 11.1. The van der Waals surface area contributed by atoms with E-state index in [1.54, 1.807) is 12.1 Å². The molecule has 1 heterocycles. The molecule has 0 amide bonds. The second-order valence-electron chi connectivity index (χ2n) is 3.61. The normalized spacial score (nSPS) is 12.1. The van der Waals surface area contributed by atoms with Crippen LogP contribution < -0.4 is 0 Å². The molecule has 1 rings (SSSR count). The van der Waals surface area contributed by atoms with Crippen LogP contribution in [-0.4, -0.2) is 16.1 Å². The van der Waals surface area contributed by atoms with Crippen LogP contribution in [0, 0.1) is 17.2 Å². The van der Waals surface area contributed by atoms with Crippen molar-refractivity contribution in [2.75, 3.05) is 0 Å². The second kappa shape index (κ2) is 4.56. The molecule has 0 saturated carbocycles. The van der Waals surface area contributed by atoms with Crippen LogP contribution in [0.4, 0.5) is 0 Å². The third kappa shape index (κ3) is 2.32. The molecule has 0 aliphatic carbocycles. The first-order valence-corrected chi connectivity index (χ1v) is 4.65. The number of carbonyl (C=O) groups is 1. The lowest BCUT2D eigenvalue weighted by Crippen LogP contribution is -2.19. The Hall–Kier alpha value is -1.89. The van der Waals surface area contributed by atoms with Gasteiger partial charge in [0.15, 0.2) is 0 Å². The largest absolute Gasteiger partial charge is 0.481 e. The lowest BCUT2D eigenvalue weighted by atomic mass is 9.88. The lowest BCUT2D eigenvalue weighted by Gasteiger charge is -2.16. The molecule has 78 valence electrons. The molecule has 0 bridgehead atoms. The summed E-state index contributed by atoms with van der Waals surface area (Å²) in [4.78, 5) is 14.9. The fourth-order valence-corrected chi connectivity index (χ4v) is 1.54. The van der Waals surface area contributed by atoms with Crippen molar-refractivity contribution in [1.29, 1.82) is 5.26 Å². The SMILES string of the molecule is CC(C)C(C(=O)O)c1cccnc1C#N. The number of pyridine rings is 1. The van der Waals surface area contributed by atoms with Gasteiger partial charge in [-0.2, -0.15) is 5.26 Å². The Labute approximate surface area is 88.2 Å². The maximum atomic E-state index is 11.1. The van der Waals surface area contributed by atoms with Gasteiger partial charge in [-0.15, -0.1) is 0 Å². The monoisotopic (exact) mass is 204 g/mol. The van der Waals surface area contributed by atoms with Crippen LogP contribution in [0.25, 0.3) is 0 Å². The van der Waals surface area contributed by atoms with Crippen molar-refractivity contribution in [3.8, 4) is 6.07 Å². The molecule has 0 spiro atoms. The minimum absolute atomic E-state index is 0.0706. The summed E-state index contributed by atoms with van der Waals surface area (Å²) in [5.74, 6) is -1.67. The smallest absolute Gasteiger partial charge is 0.311 e. The molecular weight excluding hydrogens is 192 g/mol. The average Bonchev–Trinajstić information content (AvgIpc) is 2.17. The second-order valence-corrected chi connectivity index (χ2v) is 3.61. The first kappa shape index (κ1) is 11.2. The van der Waals surface area contributed by atoms with Gasteiger partial charge in [0.2, 0.25) is 0 Å². The Morgan fingerprint density at radius 2 is 2.27 bits per heavy atom. The number of hydrogen-bond donors (Lipinski definition) is 1. The summed E-state index contributed by atoms with van der Waals surface area (Å²) in [6.07, 6.45) is 1.49. The van der Waals surface area contributed by atoms with Crippen molar-refractivity contribution in [3.05, 3.63) is 29.6 Å². The number of carboxylic acid groups (broad SMARTS) is 1. The van der Waals surface area contributed by atoms with E-state index in [0.717, 1.165) is 0 Å². The molecule has 0 aliphatic rings. The Bertz CT molecular complexity index is 407. The van der Waals surface area contributed by atoms with Crippen molar-refractivity contribution in [3.63, 3.8) is 0 Å². The Balaban J connectivity index is 3.24. The van der Waals surface area contributed by atoms with E-state index >= 15 is 0 Å². The zero-order valence-electron chi connectivity index (χ0n) is 8.64. The molecule has 4 nitrogen and oxygen atoms in total. The first-order chi connectivity index (χ1) is 7.07. The molecule has 0 radical (unpaired) electrons. The molecule has 1 unspecified atom stereocenters. The number of nitriles is 1. The summed E-state index contributed by atoms with van der Waals surface area (Å²) in [6, 6.07) is 5.20. The van der Waals surface area contributed by atoms with Gasteiger partial charge in [0.1, 0.15) is 11.8 Å². The molecule has 0 saturated heterocycles. The summed E-state index contributed by atoms with van der Waals surface area (Å²) >= 11 is 0. The van der Waals surface area contributed by atoms with Gasteiger partial charge >= 0.3 is 5.97 Å². The van der Waals surface area contributed by atoms with Crippen LogP contribution in [0.1, 0.15) is 31.0 Å². The number of rotatable bonds is 3. The minimum atomic E-state index is -0.922. The topological polar surface area (TPSA) is 74.0 Å². The van der Waals surface area contributed by atoms with Crippen molar-refractivity contribution in [2.24, 2.45) is 5.92 Å². The molecule has 15 heavy (non-hydrogen) atoms. The van der Waals surface area contributed by atoms with E-state index in [-0.39, 0.29) is 11.6 Å². The molecular formula is C11H12N2O2. The molecule has 1 aromatic heterocycles.